The van der Waals surface area contributed by atoms with Gasteiger partial charge in [-0.25, -0.2) is 8.42 Å². The number of carbonyl (C=O) groups excluding carboxylic acids is 2. The van der Waals surface area contributed by atoms with Gasteiger partial charge in [0.1, 0.15) is 12.6 Å². The van der Waals surface area contributed by atoms with Gasteiger partial charge in [0, 0.05) is 24.5 Å². The molecule has 0 aliphatic rings. The van der Waals surface area contributed by atoms with Crippen LogP contribution < -0.4 is 9.62 Å². The summed E-state index contributed by atoms with van der Waals surface area (Å²) in [5.74, 6) is -0.936. The number of carbonyl (C=O) groups is 2. The zero-order valence-electron chi connectivity index (χ0n) is 21.8. The zero-order valence-corrected chi connectivity index (χ0v) is 24.9. The molecule has 7 nitrogen and oxygen atoms in total. The number of nitrogens with one attached hydrogen (secondary N) is 1. The molecule has 0 radical (unpaired) electrons. The second-order valence-corrected chi connectivity index (χ2v) is 12.2. The standard InChI is InChI=1S/C28H30Cl3N3O4S/c1-4-32-28(36)26(15-20-8-6-5-7-9-20)33(17-21-11-13-23(29)25(31)14-21)27(35)18-34(39(3,37)38)22-12-10-19(2)24(30)16-22/h5-14,16,26H,4,15,17-18H2,1-3H3,(H,32,36)/t26-/m1/s1. The molecule has 0 bridgehead atoms. The average Bonchev–Trinajstić information content (AvgIpc) is 2.88. The number of rotatable bonds is 11. The predicted octanol–water partition coefficient (Wildman–Crippen LogP) is 5.50. The maximum Gasteiger partial charge on any atom is 0.244 e. The van der Waals surface area contributed by atoms with Crippen molar-refractivity contribution in [2.24, 2.45) is 0 Å². The molecule has 0 aliphatic carbocycles. The molecule has 0 aliphatic heterocycles. The highest BCUT2D eigenvalue weighted by molar-refractivity contribution is 7.92. The maximum atomic E-state index is 14.0. The smallest absolute Gasteiger partial charge is 0.244 e. The molecule has 11 heteroatoms. The molecule has 3 aromatic rings. The number of hydrogen-bond acceptors (Lipinski definition) is 4. The van der Waals surface area contributed by atoms with E-state index in [4.69, 9.17) is 34.8 Å². The summed E-state index contributed by atoms with van der Waals surface area (Å²) in [7, 11) is -3.89. The molecule has 0 heterocycles. The third kappa shape index (κ3) is 8.35. The number of likely N-dealkylation sites (N-methyl/N-ethyl adjacent to an activating group) is 1. The van der Waals surface area contributed by atoms with Crippen molar-refractivity contribution in [1.29, 1.82) is 0 Å². The number of nitrogens with zero attached hydrogens (tertiary/aromatic N) is 2. The van der Waals surface area contributed by atoms with E-state index < -0.39 is 28.5 Å². The van der Waals surface area contributed by atoms with Crippen LogP contribution in [0, 0.1) is 6.92 Å². The Balaban J connectivity index is 2.07. The molecule has 0 fully saturated rings. The molecule has 1 atom stereocenters. The van der Waals surface area contributed by atoms with Crippen LogP contribution in [0.15, 0.2) is 66.7 Å². The lowest BCUT2D eigenvalue weighted by Gasteiger charge is -2.33. The van der Waals surface area contributed by atoms with Gasteiger partial charge < -0.3 is 10.2 Å². The molecule has 0 aromatic heterocycles. The zero-order chi connectivity index (χ0) is 28.7. The fourth-order valence-corrected chi connectivity index (χ4v) is 5.37. The van der Waals surface area contributed by atoms with E-state index in [2.05, 4.69) is 5.32 Å². The largest absolute Gasteiger partial charge is 0.355 e. The molecule has 208 valence electrons. The minimum atomic E-state index is -3.89. The van der Waals surface area contributed by atoms with Gasteiger partial charge in [0.2, 0.25) is 21.8 Å². The van der Waals surface area contributed by atoms with E-state index in [1.54, 1.807) is 44.2 Å². The Hall–Kier alpha value is -2.78. The van der Waals surface area contributed by atoms with Gasteiger partial charge in [0.05, 0.1) is 22.0 Å². The van der Waals surface area contributed by atoms with E-state index in [0.717, 1.165) is 21.7 Å². The van der Waals surface area contributed by atoms with Gasteiger partial charge in [-0.2, -0.15) is 0 Å². The van der Waals surface area contributed by atoms with Crippen LogP contribution in [0.5, 0.6) is 0 Å². The maximum absolute atomic E-state index is 14.0. The summed E-state index contributed by atoms with van der Waals surface area (Å²) in [6, 6.07) is 18.1. The first-order valence-electron chi connectivity index (χ1n) is 12.2. The monoisotopic (exact) mass is 609 g/mol. The summed E-state index contributed by atoms with van der Waals surface area (Å²) in [4.78, 5) is 28.7. The van der Waals surface area contributed by atoms with Crippen LogP contribution in [0.25, 0.3) is 0 Å². The van der Waals surface area contributed by atoms with Crippen LogP contribution >= 0.6 is 34.8 Å². The second kappa shape index (κ2) is 13.5. The van der Waals surface area contributed by atoms with Crippen molar-refractivity contribution in [1.82, 2.24) is 10.2 Å². The van der Waals surface area contributed by atoms with Crippen LogP contribution in [0.1, 0.15) is 23.6 Å². The quantitative estimate of drug-likeness (QED) is 0.311. The Labute approximate surface area is 244 Å². The molecule has 0 unspecified atom stereocenters. The van der Waals surface area contributed by atoms with Crippen molar-refractivity contribution in [2.75, 3.05) is 23.7 Å². The van der Waals surface area contributed by atoms with Crippen molar-refractivity contribution in [3.05, 3.63) is 98.5 Å². The molecule has 0 saturated heterocycles. The average molecular weight is 611 g/mol. The summed E-state index contributed by atoms with van der Waals surface area (Å²) in [6.07, 6.45) is 1.23. The minimum Gasteiger partial charge on any atom is -0.355 e. The van der Waals surface area contributed by atoms with Crippen molar-refractivity contribution in [3.8, 4) is 0 Å². The first-order chi connectivity index (χ1) is 18.4. The lowest BCUT2D eigenvalue weighted by Crippen LogP contribution is -2.53. The van der Waals surface area contributed by atoms with E-state index in [1.807, 2.05) is 30.3 Å². The predicted molar refractivity (Wildman–Crippen MR) is 158 cm³/mol. The number of amides is 2. The van der Waals surface area contributed by atoms with E-state index in [-0.39, 0.29) is 24.6 Å². The van der Waals surface area contributed by atoms with Gasteiger partial charge in [0.15, 0.2) is 0 Å². The van der Waals surface area contributed by atoms with Crippen molar-refractivity contribution < 1.29 is 18.0 Å². The van der Waals surface area contributed by atoms with Gasteiger partial charge in [-0.05, 0) is 54.8 Å². The molecule has 3 rings (SSSR count). The van der Waals surface area contributed by atoms with Gasteiger partial charge in [-0.15, -0.1) is 0 Å². The number of hydrogen-bond donors (Lipinski definition) is 1. The summed E-state index contributed by atoms with van der Waals surface area (Å²) in [5, 5.41) is 3.82. The highest BCUT2D eigenvalue weighted by Crippen LogP contribution is 2.27. The lowest BCUT2D eigenvalue weighted by molar-refractivity contribution is -0.140. The van der Waals surface area contributed by atoms with Crippen molar-refractivity contribution in [2.45, 2.75) is 32.9 Å². The normalized spacial score (nSPS) is 12.1. The molecule has 3 aromatic carbocycles. The number of benzene rings is 3. The molecular formula is C28H30Cl3N3O4S. The van der Waals surface area contributed by atoms with Gasteiger partial charge >= 0.3 is 0 Å². The Morgan fingerprint density at radius 3 is 2.18 bits per heavy atom. The van der Waals surface area contributed by atoms with Gasteiger partial charge in [-0.3, -0.25) is 13.9 Å². The minimum absolute atomic E-state index is 0.00336. The number of anilines is 1. The van der Waals surface area contributed by atoms with E-state index in [9.17, 15) is 18.0 Å². The van der Waals surface area contributed by atoms with E-state index in [1.165, 1.54) is 11.0 Å². The number of aryl methyl sites for hydroxylation is 1. The Morgan fingerprint density at radius 2 is 1.59 bits per heavy atom. The van der Waals surface area contributed by atoms with Crippen molar-refractivity contribution >= 4 is 62.3 Å². The Morgan fingerprint density at radius 1 is 0.897 bits per heavy atom. The SMILES string of the molecule is CCNC(=O)[C@@H](Cc1ccccc1)N(Cc1ccc(Cl)c(Cl)c1)C(=O)CN(c1ccc(C)c(Cl)c1)S(C)(=O)=O. The Kier molecular flexibility index (Phi) is 10.7. The van der Waals surface area contributed by atoms with Crippen LogP contribution in [0.4, 0.5) is 5.69 Å². The fraction of sp³-hybridized carbons (Fsp3) is 0.286. The molecular weight excluding hydrogens is 581 g/mol. The van der Waals surface area contributed by atoms with Crippen LogP contribution in [-0.2, 0) is 32.6 Å². The third-order valence-electron chi connectivity index (χ3n) is 6.08. The molecule has 1 N–H and O–H groups in total. The first kappa shape index (κ1) is 30.8. The van der Waals surface area contributed by atoms with Crippen LogP contribution in [0.3, 0.4) is 0 Å². The topological polar surface area (TPSA) is 86.8 Å². The summed E-state index contributed by atoms with van der Waals surface area (Å²) >= 11 is 18.6. The number of halogens is 3. The second-order valence-electron chi connectivity index (χ2n) is 9.07. The van der Waals surface area contributed by atoms with Gasteiger partial charge in [0.25, 0.3) is 0 Å². The lowest BCUT2D eigenvalue weighted by atomic mass is 10.0. The summed E-state index contributed by atoms with van der Waals surface area (Å²) in [5.41, 5.74) is 2.48. The first-order valence-corrected chi connectivity index (χ1v) is 15.2. The van der Waals surface area contributed by atoms with Crippen LogP contribution in [-0.4, -0.2) is 50.5 Å². The molecule has 39 heavy (non-hydrogen) atoms. The third-order valence-corrected chi connectivity index (χ3v) is 8.37. The van der Waals surface area contributed by atoms with Gasteiger partial charge in [-0.1, -0.05) is 77.3 Å². The highest BCUT2D eigenvalue weighted by atomic mass is 35.5. The molecule has 0 saturated carbocycles. The highest BCUT2D eigenvalue weighted by Gasteiger charge is 2.33. The number of sulfonamides is 1. The van der Waals surface area contributed by atoms with E-state index in [0.29, 0.717) is 27.2 Å². The van der Waals surface area contributed by atoms with Crippen molar-refractivity contribution in [3.63, 3.8) is 0 Å². The Bertz CT molecular complexity index is 1440. The fourth-order valence-electron chi connectivity index (χ4n) is 4.03. The molecule has 0 spiro atoms. The summed E-state index contributed by atoms with van der Waals surface area (Å²) in [6.45, 7) is 3.40. The summed E-state index contributed by atoms with van der Waals surface area (Å²) < 4.78 is 26.6. The molecule has 2 amide bonds. The van der Waals surface area contributed by atoms with Crippen LogP contribution in [0.2, 0.25) is 15.1 Å². The van der Waals surface area contributed by atoms with E-state index >= 15 is 0 Å².